The molecule has 1 amide bonds. The number of carbonyl (C=O) groups is 1. The van der Waals surface area contributed by atoms with Crippen molar-refractivity contribution < 1.29 is 22.7 Å². The Hall–Kier alpha value is -2.49. The molecule has 9 heteroatoms. The Balaban J connectivity index is 2.12. The topological polar surface area (TPSA) is 122 Å². The molecule has 7 nitrogen and oxygen atoms in total. The molecule has 0 bridgehead atoms. The van der Waals surface area contributed by atoms with Gasteiger partial charge in [-0.3, -0.25) is 4.79 Å². The molecule has 3 atom stereocenters. The Morgan fingerprint density at radius 3 is 2.19 bits per heavy atom. The highest BCUT2D eigenvalue weighted by molar-refractivity contribution is 7.90. The van der Waals surface area contributed by atoms with Crippen LogP contribution in [0.4, 0.5) is 4.39 Å². The molecule has 2 rings (SSSR count). The van der Waals surface area contributed by atoms with Gasteiger partial charge in [0, 0.05) is 24.9 Å². The van der Waals surface area contributed by atoms with Crippen molar-refractivity contribution in [3.05, 3.63) is 65.0 Å². The van der Waals surface area contributed by atoms with E-state index in [4.69, 9.17) is 5.73 Å². The summed E-state index contributed by atoms with van der Waals surface area (Å²) in [6, 6.07) is 9.86. The minimum absolute atomic E-state index is 0.0712. The Bertz CT molecular complexity index is 1150. The number of hydrogen-bond donors (Lipinski definition) is 4. The Morgan fingerprint density at radius 1 is 1.05 bits per heavy atom. The average molecular weight is 536 g/mol. The van der Waals surface area contributed by atoms with Crippen molar-refractivity contribution in [3.63, 3.8) is 0 Å². The van der Waals surface area contributed by atoms with E-state index in [1.165, 1.54) is 12.1 Å². The number of benzene rings is 2. The first kappa shape index (κ1) is 30.7. The number of hydrogen-bond acceptors (Lipinski definition) is 6. The fourth-order valence-corrected chi connectivity index (χ4v) is 5.24. The van der Waals surface area contributed by atoms with Gasteiger partial charge in [-0.2, -0.15) is 0 Å². The lowest BCUT2D eigenvalue weighted by Crippen LogP contribution is -2.54. The third-order valence-corrected chi connectivity index (χ3v) is 7.17. The number of phenols is 1. The maximum atomic E-state index is 13.3. The number of phenolic OH excluding ortho intramolecular Hbond substituents is 1. The van der Waals surface area contributed by atoms with Crippen molar-refractivity contribution in [2.75, 3.05) is 18.6 Å². The van der Waals surface area contributed by atoms with E-state index < -0.39 is 21.9 Å². The lowest BCUT2D eigenvalue weighted by molar-refractivity contribution is -0.124. The van der Waals surface area contributed by atoms with Gasteiger partial charge in [0.2, 0.25) is 5.91 Å². The summed E-state index contributed by atoms with van der Waals surface area (Å²) < 4.78 is 37.5. The summed E-state index contributed by atoms with van der Waals surface area (Å²) >= 11 is 0. The molecule has 2 aromatic rings. The van der Waals surface area contributed by atoms with Crippen molar-refractivity contribution >= 4 is 15.7 Å². The summed E-state index contributed by atoms with van der Waals surface area (Å²) in [6.45, 7) is 10.1. The summed E-state index contributed by atoms with van der Waals surface area (Å²) in [5.41, 5.74) is 8.44. The largest absolute Gasteiger partial charge is 0.508 e. The van der Waals surface area contributed by atoms with Gasteiger partial charge in [-0.15, -0.1) is 0 Å². The van der Waals surface area contributed by atoms with Crippen LogP contribution in [0.15, 0.2) is 42.5 Å². The van der Waals surface area contributed by atoms with E-state index in [2.05, 4.69) is 10.6 Å². The third-order valence-electron chi connectivity index (χ3n) is 6.16. The highest BCUT2D eigenvalue weighted by atomic mass is 32.2. The zero-order valence-corrected chi connectivity index (χ0v) is 23.5. The van der Waals surface area contributed by atoms with Crippen molar-refractivity contribution in [1.82, 2.24) is 10.6 Å². The third kappa shape index (κ3) is 10.4. The standard InChI is InChI=1S/C28H42FN3O4S/c1-18(2)26(31-16-22(30)13-19-7-10-21(29)11-8-19)27(34)32-23(17-37(6,35)36)14-20-9-12-25(33)24(15-20)28(3,4)5/h7-12,15,18,22-23,26,31,33H,13-14,16-17,30H2,1-6H3,(H,32,34)/t22-,23-,26-/m0/s1. The fourth-order valence-electron chi connectivity index (χ4n) is 4.31. The molecule has 0 unspecified atom stereocenters. The lowest BCUT2D eigenvalue weighted by Gasteiger charge is -2.27. The first-order chi connectivity index (χ1) is 17.0. The van der Waals surface area contributed by atoms with Gasteiger partial charge < -0.3 is 21.5 Å². The van der Waals surface area contributed by atoms with E-state index >= 15 is 0 Å². The van der Waals surface area contributed by atoms with E-state index in [0.29, 0.717) is 19.4 Å². The molecule has 0 saturated heterocycles. The Morgan fingerprint density at radius 2 is 1.65 bits per heavy atom. The predicted molar refractivity (Wildman–Crippen MR) is 147 cm³/mol. The minimum atomic E-state index is -3.38. The summed E-state index contributed by atoms with van der Waals surface area (Å²) in [6.07, 6.45) is 1.97. The van der Waals surface area contributed by atoms with Gasteiger partial charge in [-0.05, 0) is 59.1 Å². The zero-order chi connectivity index (χ0) is 28.0. The second-order valence-electron chi connectivity index (χ2n) is 11.3. The van der Waals surface area contributed by atoms with Crippen molar-refractivity contribution in [2.24, 2.45) is 11.7 Å². The van der Waals surface area contributed by atoms with E-state index in [0.717, 1.165) is 22.9 Å². The molecule has 0 radical (unpaired) electrons. The van der Waals surface area contributed by atoms with Crippen LogP contribution in [0.3, 0.4) is 0 Å². The van der Waals surface area contributed by atoms with Gasteiger partial charge in [0.25, 0.3) is 0 Å². The van der Waals surface area contributed by atoms with Crippen LogP contribution in [0.25, 0.3) is 0 Å². The molecule has 0 heterocycles. The number of amides is 1. The van der Waals surface area contributed by atoms with Gasteiger partial charge in [-0.25, -0.2) is 12.8 Å². The van der Waals surface area contributed by atoms with Crippen LogP contribution in [0.2, 0.25) is 0 Å². The molecule has 5 N–H and O–H groups in total. The van der Waals surface area contributed by atoms with Crippen LogP contribution in [-0.4, -0.2) is 56.1 Å². The number of nitrogens with two attached hydrogens (primary N) is 1. The zero-order valence-electron chi connectivity index (χ0n) is 22.7. The summed E-state index contributed by atoms with van der Waals surface area (Å²) in [5, 5.41) is 16.4. The second kappa shape index (κ2) is 12.8. The van der Waals surface area contributed by atoms with Crippen molar-refractivity contribution in [3.8, 4) is 5.75 Å². The van der Waals surface area contributed by atoms with E-state index in [9.17, 15) is 22.7 Å². The van der Waals surface area contributed by atoms with Crippen LogP contribution in [0.1, 0.15) is 51.3 Å². The normalized spacial score (nSPS) is 14.8. The number of carbonyl (C=O) groups excluding carboxylic acids is 1. The van der Waals surface area contributed by atoms with Gasteiger partial charge in [-0.1, -0.05) is 58.9 Å². The maximum Gasteiger partial charge on any atom is 0.237 e. The molecule has 0 spiro atoms. The molecular formula is C28H42FN3O4S. The SMILES string of the molecule is CC(C)[C@H](NC[C@@H](N)Cc1ccc(F)cc1)C(=O)N[C@@H](Cc1ccc(O)c(C(C)(C)C)c1)CS(C)(=O)=O. The molecule has 37 heavy (non-hydrogen) atoms. The molecule has 0 aromatic heterocycles. The molecule has 0 aliphatic rings. The fraction of sp³-hybridized carbons (Fsp3) is 0.536. The van der Waals surface area contributed by atoms with Crippen LogP contribution < -0.4 is 16.4 Å². The van der Waals surface area contributed by atoms with E-state index in [1.807, 2.05) is 40.7 Å². The molecule has 0 saturated carbocycles. The number of halogens is 1. The Kier molecular flexibility index (Phi) is 10.7. The van der Waals surface area contributed by atoms with Gasteiger partial charge in [0.15, 0.2) is 0 Å². The molecule has 0 fully saturated rings. The maximum absolute atomic E-state index is 13.3. The monoisotopic (exact) mass is 535 g/mol. The molecule has 0 aliphatic carbocycles. The van der Waals surface area contributed by atoms with Gasteiger partial charge >= 0.3 is 0 Å². The minimum Gasteiger partial charge on any atom is -0.508 e. The molecule has 2 aromatic carbocycles. The molecule has 206 valence electrons. The molecule has 0 aliphatic heterocycles. The van der Waals surface area contributed by atoms with Crippen LogP contribution in [0, 0.1) is 11.7 Å². The number of nitrogens with one attached hydrogen (secondary N) is 2. The van der Waals surface area contributed by atoms with Crippen LogP contribution in [-0.2, 0) is 32.9 Å². The summed E-state index contributed by atoms with van der Waals surface area (Å²) in [5.74, 6) is -0.705. The van der Waals surface area contributed by atoms with Crippen LogP contribution in [0.5, 0.6) is 5.75 Å². The van der Waals surface area contributed by atoms with Gasteiger partial charge in [0.05, 0.1) is 11.8 Å². The predicted octanol–water partition coefficient (Wildman–Crippen LogP) is 3.08. The quantitative estimate of drug-likeness (QED) is 0.331. The number of sulfone groups is 1. The van der Waals surface area contributed by atoms with Crippen molar-refractivity contribution in [1.29, 1.82) is 0 Å². The number of aromatic hydroxyl groups is 1. The summed E-state index contributed by atoms with van der Waals surface area (Å²) in [4.78, 5) is 13.3. The first-order valence-corrected chi connectivity index (χ1v) is 14.6. The highest BCUT2D eigenvalue weighted by Crippen LogP contribution is 2.31. The lowest BCUT2D eigenvalue weighted by atomic mass is 9.85. The van der Waals surface area contributed by atoms with E-state index in [1.54, 1.807) is 24.3 Å². The molecular weight excluding hydrogens is 493 g/mol. The second-order valence-corrected chi connectivity index (χ2v) is 13.5. The van der Waals surface area contributed by atoms with Crippen LogP contribution >= 0.6 is 0 Å². The van der Waals surface area contributed by atoms with Gasteiger partial charge in [0.1, 0.15) is 21.4 Å². The first-order valence-electron chi connectivity index (χ1n) is 12.6. The highest BCUT2D eigenvalue weighted by Gasteiger charge is 2.27. The smallest absolute Gasteiger partial charge is 0.237 e. The number of rotatable bonds is 12. The Labute approximate surface area is 221 Å². The van der Waals surface area contributed by atoms with E-state index in [-0.39, 0.29) is 40.6 Å². The average Bonchev–Trinajstić information content (AvgIpc) is 2.74. The van der Waals surface area contributed by atoms with Crippen molar-refractivity contribution in [2.45, 2.75) is 71.0 Å². The summed E-state index contributed by atoms with van der Waals surface area (Å²) in [7, 11) is -3.38.